The molecule has 0 aromatic carbocycles. The molecule has 0 unspecified atom stereocenters. The maximum Gasteiger partial charge on any atom is 0.207 e. The molecule has 1 N–H and O–H groups in total. The molecule has 3 heteroatoms. The lowest BCUT2D eigenvalue weighted by molar-refractivity contribution is 0.102. The molecule has 0 radical (unpaired) electrons. The van der Waals surface area contributed by atoms with Crippen LogP contribution in [0.2, 0.25) is 0 Å². The van der Waals surface area contributed by atoms with Gasteiger partial charge in [-0.3, -0.25) is 9.78 Å². The van der Waals surface area contributed by atoms with Crippen LogP contribution in [0.3, 0.4) is 0 Å². The van der Waals surface area contributed by atoms with Gasteiger partial charge in [-0.05, 0) is 48.1 Å². The summed E-state index contributed by atoms with van der Waals surface area (Å²) in [5.41, 5.74) is 3.74. The van der Waals surface area contributed by atoms with Gasteiger partial charge < -0.3 is 5.32 Å². The molecule has 1 saturated carbocycles. The maximum atomic E-state index is 12.7. The first-order chi connectivity index (χ1) is 10.3. The number of fused-ring (bicyclic) bond motifs is 1. The molecule has 1 fully saturated rings. The Morgan fingerprint density at radius 1 is 1.33 bits per heavy atom. The molecule has 2 aliphatic rings. The first-order valence-corrected chi connectivity index (χ1v) is 8.15. The van der Waals surface area contributed by atoms with Crippen LogP contribution in [0.25, 0.3) is 0 Å². The minimum absolute atomic E-state index is 0.0688. The topological polar surface area (TPSA) is 42.0 Å². The summed E-state index contributed by atoms with van der Waals surface area (Å²) in [6.45, 7) is 5.83. The lowest BCUT2D eigenvalue weighted by atomic mass is 9.83. The van der Waals surface area contributed by atoms with Gasteiger partial charge in [-0.25, -0.2) is 0 Å². The number of rotatable bonds is 4. The van der Waals surface area contributed by atoms with Gasteiger partial charge in [-0.2, -0.15) is 0 Å². The van der Waals surface area contributed by atoms with Crippen molar-refractivity contribution in [2.24, 2.45) is 5.92 Å². The summed E-state index contributed by atoms with van der Waals surface area (Å²) in [6, 6.07) is 2.02. The van der Waals surface area contributed by atoms with Crippen molar-refractivity contribution in [3.63, 3.8) is 0 Å². The van der Waals surface area contributed by atoms with Crippen molar-refractivity contribution in [2.75, 3.05) is 6.54 Å². The third kappa shape index (κ3) is 3.24. The van der Waals surface area contributed by atoms with E-state index in [9.17, 15) is 4.79 Å². The number of hydrogen-bond donors (Lipinski definition) is 1. The zero-order chi connectivity index (χ0) is 14.7. The molecule has 0 atom stereocenters. The van der Waals surface area contributed by atoms with E-state index in [1.165, 1.54) is 37.7 Å². The van der Waals surface area contributed by atoms with Crippen LogP contribution in [0, 0.1) is 5.92 Å². The fraction of sp³-hybridized carbons (Fsp3) is 0.556. The first kappa shape index (κ1) is 14.5. The summed E-state index contributed by atoms with van der Waals surface area (Å²) in [5.74, 6) is 0.718. The Hall–Kier alpha value is -1.48. The molecule has 3 rings (SSSR count). The molecular formula is C18H24N2O. The van der Waals surface area contributed by atoms with Crippen molar-refractivity contribution < 1.29 is 4.79 Å². The van der Waals surface area contributed by atoms with Crippen LogP contribution in [-0.2, 0) is 13.0 Å². The van der Waals surface area contributed by atoms with E-state index in [2.05, 4.69) is 16.9 Å². The molecule has 112 valence electrons. The van der Waals surface area contributed by atoms with Crippen molar-refractivity contribution >= 4 is 5.78 Å². The van der Waals surface area contributed by atoms with Crippen LogP contribution >= 0.6 is 0 Å². The summed E-state index contributed by atoms with van der Waals surface area (Å²) in [7, 11) is 0. The largest absolute Gasteiger partial charge is 0.312 e. The second kappa shape index (κ2) is 6.52. The van der Waals surface area contributed by atoms with Gasteiger partial charge in [0.25, 0.3) is 0 Å². The number of carbonyl (C=O) groups is 1. The Morgan fingerprint density at radius 3 is 2.95 bits per heavy atom. The van der Waals surface area contributed by atoms with Crippen LogP contribution in [-0.4, -0.2) is 17.3 Å². The van der Waals surface area contributed by atoms with Crippen LogP contribution < -0.4 is 5.32 Å². The van der Waals surface area contributed by atoms with E-state index in [0.717, 1.165) is 37.1 Å². The highest BCUT2D eigenvalue weighted by molar-refractivity contribution is 6.08. The third-order valence-electron chi connectivity index (χ3n) is 4.82. The van der Waals surface area contributed by atoms with Gasteiger partial charge in [0.05, 0.1) is 0 Å². The SMILES string of the molecule is C=C(CC1CCCCC1)C(=O)c1nccc2c1CCNC2. The number of allylic oxidation sites excluding steroid dienone is 1. The zero-order valence-corrected chi connectivity index (χ0v) is 12.7. The molecule has 1 aliphatic carbocycles. The van der Waals surface area contributed by atoms with Crippen molar-refractivity contribution in [1.29, 1.82) is 0 Å². The molecule has 1 aromatic rings. The highest BCUT2D eigenvalue weighted by Crippen LogP contribution is 2.30. The van der Waals surface area contributed by atoms with Gasteiger partial charge in [0.1, 0.15) is 5.69 Å². The van der Waals surface area contributed by atoms with Gasteiger partial charge in [0, 0.05) is 12.7 Å². The van der Waals surface area contributed by atoms with Crippen molar-refractivity contribution in [3.05, 3.63) is 41.2 Å². The maximum absolute atomic E-state index is 12.7. The van der Waals surface area contributed by atoms with Crippen molar-refractivity contribution in [2.45, 2.75) is 51.5 Å². The van der Waals surface area contributed by atoms with Crippen molar-refractivity contribution in [3.8, 4) is 0 Å². The monoisotopic (exact) mass is 284 g/mol. The van der Waals surface area contributed by atoms with Gasteiger partial charge in [-0.15, -0.1) is 0 Å². The van der Waals surface area contributed by atoms with E-state index in [-0.39, 0.29) is 5.78 Å². The predicted molar refractivity (Wildman–Crippen MR) is 84.3 cm³/mol. The molecule has 1 aromatic heterocycles. The normalized spacial score (nSPS) is 19.0. The molecule has 0 bridgehead atoms. The Balaban J connectivity index is 1.74. The average Bonchev–Trinajstić information content (AvgIpc) is 2.54. The molecule has 21 heavy (non-hydrogen) atoms. The summed E-state index contributed by atoms with van der Waals surface area (Å²) in [5, 5.41) is 3.34. The number of carbonyl (C=O) groups excluding carboxylic acids is 1. The van der Waals surface area contributed by atoms with Gasteiger partial charge in [0.2, 0.25) is 5.78 Å². The van der Waals surface area contributed by atoms with Crippen LogP contribution in [0.5, 0.6) is 0 Å². The fourth-order valence-corrected chi connectivity index (χ4v) is 3.61. The first-order valence-electron chi connectivity index (χ1n) is 8.15. The molecule has 0 spiro atoms. The second-order valence-electron chi connectivity index (χ2n) is 6.36. The molecule has 1 aliphatic heterocycles. The Bertz CT molecular complexity index is 544. The summed E-state index contributed by atoms with van der Waals surface area (Å²) in [6.07, 6.45) is 9.94. The van der Waals surface area contributed by atoms with Gasteiger partial charge >= 0.3 is 0 Å². The van der Waals surface area contributed by atoms with E-state index in [1.54, 1.807) is 6.20 Å². The smallest absolute Gasteiger partial charge is 0.207 e. The number of aromatic nitrogens is 1. The standard InChI is InChI=1S/C18H24N2O/c1-13(11-14-5-3-2-4-6-14)18(21)17-16-8-9-19-12-15(16)7-10-20-17/h7,10,14,19H,1-6,8-9,11-12H2. The van der Waals surface area contributed by atoms with Gasteiger partial charge in [0.15, 0.2) is 0 Å². The Morgan fingerprint density at radius 2 is 2.14 bits per heavy atom. The summed E-state index contributed by atoms with van der Waals surface area (Å²) >= 11 is 0. The third-order valence-corrected chi connectivity index (χ3v) is 4.82. The summed E-state index contributed by atoms with van der Waals surface area (Å²) < 4.78 is 0. The lowest BCUT2D eigenvalue weighted by Gasteiger charge is -2.23. The number of pyridine rings is 1. The quantitative estimate of drug-likeness (QED) is 0.680. The summed E-state index contributed by atoms with van der Waals surface area (Å²) in [4.78, 5) is 17.1. The minimum Gasteiger partial charge on any atom is -0.312 e. The van der Waals surface area contributed by atoms with E-state index < -0.39 is 0 Å². The predicted octanol–water partition coefficient (Wildman–Crippen LogP) is 3.44. The lowest BCUT2D eigenvalue weighted by Crippen LogP contribution is -2.26. The van der Waals surface area contributed by atoms with Crippen molar-refractivity contribution in [1.82, 2.24) is 10.3 Å². The van der Waals surface area contributed by atoms with Gasteiger partial charge in [-0.1, -0.05) is 38.7 Å². The average molecular weight is 284 g/mol. The van der Waals surface area contributed by atoms with E-state index in [0.29, 0.717) is 11.6 Å². The highest BCUT2D eigenvalue weighted by Gasteiger charge is 2.23. The minimum atomic E-state index is 0.0688. The molecule has 0 amide bonds. The number of nitrogens with zero attached hydrogens (tertiary/aromatic N) is 1. The second-order valence-corrected chi connectivity index (χ2v) is 6.36. The van der Waals surface area contributed by atoms with E-state index in [4.69, 9.17) is 0 Å². The number of hydrogen-bond acceptors (Lipinski definition) is 3. The Kier molecular flexibility index (Phi) is 4.49. The number of ketones is 1. The van der Waals surface area contributed by atoms with E-state index >= 15 is 0 Å². The van der Waals surface area contributed by atoms with Crippen LogP contribution in [0.4, 0.5) is 0 Å². The number of nitrogens with one attached hydrogen (secondary N) is 1. The molecule has 3 nitrogen and oxygen atoms in total. The van der Waals surface area contributed by atoms with E-state index in [1.807, 2.05) is 6.07 Å². The van der Waals surface area contributed by atoms with Crippen LogP contribution in [0.15, 0.2) is 24.4 Å². The van der Waals surface area contributed by atoms with Crippen LogP contribution in [0.1, 0.15) is 60.1 Å². The number of Topliss-reactive ketones (excluding diaryl/α,β-unsaturated/α-hetero) is 1. The molecular weight excluding hydrogens is 260 g/mol. The molecule has 0 saturated heterocycles. The fourth-order valence-electron chi connectivity index (χ4n) is 3.61. The Labute approximate surface area is 126 Å². The zero-order valence-electron chi connectivity index (χ0n) is 12.7. The highest BCUT2D eigenvalue weighted by atomic mass is 16.1. The molecule has 2 heterocycles.